The van der Waals surface area contributed by atoms with Crippen LogP contribution >= 0.6 is 23.1 Å². The fourth-order valence-electron chi connectivity index (χ4n) is 1.78. The van der Waals surface area contributed by atoms with Crippen molar-refractivity contribution in [1.29, 1.82) is 0 Å². The van der Waals surface area contributed by atoms with Gasteiger partial charge in [-0.15, -0.1) is 11.3 Å². The molecule has 0 aliphatic heterocycles. The van der Waals surface area contributed by atoms with E-state index in [-0.39, 0.29) is 11.2 Å². The smallest absolute Gasteiger partial charge is 0.233 e. The highest BCUT2D eigenvalue weighted by atomic mass is 32.2. The molecule has 1 unspecified atom stereocenters. The van der Waals surface area contributed by atoms with Gasteiger partial charge in [-0.3, -0.25) is 4.79 Å². The van der Waals surface area contributed by atoms with Crippen LogP contribution < -0.4 is 5.32 Å². The van der Waals surface area contributed by atoms with Crippen LogP contribution in [0.3, 0.4) is 0 Å². The van der Waals surface area contributed by atoms with Gasteiger partial charge in [-0.1, -0.05) is 11.8 Å². The first-order valence-electron chi connectivity index (χ1n) is 6.19. The number of nitrogens with one attached hydrogen (secondary N) is 1. The lowest BCUT2D eigenvalue weighted by Crippen LogP contribution is -2.30. The van der Waals surface area contributed by atoms with Crippen molar-refractivity contribution in [1.82, 2.24) is 15.3 Å². The van der Waals surface area contributed by atoms with Gasteiger partial charge in [-0.2, -0.15) is 0 Å². The van der Waals surface area contributed by atoms with Crippen LogP contribution in [0.5, 0.6) is 0 Å². The van der Waals surface area contributed by atoms with E-state index in [4.69, 9.17) is 0 Å². The van der Waals surface area contributed by atoms with Crippen molar-refractivity contribution in [3.05, 3.63) is 16.8 Å². The van der Waals surface area contributed by atoms with Gasteiger partial charge in [0.25, 0.3) is 0 Å². The monoisotopic (exact) mass is 295 g/mol. The topological polar surface area (TPSA) is 54.9 Å². The highest BCUT2D eigenvalue weighted by molar-refractivity contribution is 8.00. The molecule has 0 aliphatic carbocycles. The number of thiophene rings is 1. The van der Waals surface area contributed by atoms with Gasteiger partial charge in [0, 0.05) is 16.8 Å². The molecule has 1 N–H and O–H groups in total. The van der Waals surface area contributed by atoms with Crippen LogP contribution in [0.1, 0.15) is 24.3 Å². The van der Waals surface area contributed by atoms with Gasteiger partial charge < -0.3 is 5.32 Å². The third-order valence-electron chi connectivity index (χ3n) is 2.94. The van der Waals surface area contributed by atoms with E-state index in [9.17, 15) is 4.79 Å². The van der Waals surface area contributed by atoms with Crippen molar-refractivity contribution >= 4 is 39.2 Å². The number of carbonyl (C=O) groups is 1. The molecule has 102 valence electrons. The molecule has 0 bridgehead atoms. The predicted octanol–water partition coefficient (Wildman–Crippen LogP) is 2.92. The number of aryl methyl sites for hydroxylation is 2. The molecular formula is C13H17N3OS2. The van der Waals surface area contributed by atoms with Crippen LogP contribution in [-0.4, -0.2) is 27.7 Å². The van der Waals surface area contributed by atoms with Gasteiger partial charge in [0.1, 0.15) is 16.2 Å². The highest BCUT2D eigenvalue weighted by Crippen LogP contribution is 2.35. The summed E-state index contributed by atoms with van der Waals surface area (Å²) in [6, 6.07) is 0. The number of nitrogens with zero attached hydrogens (tertiary/aromatic N) is 2. The summed E-state index contributed by atoms with van der Waals surface area (Å²) < 4.78 is 0. The Hall–Kier alpha value is -1.14. The molecular weight excluding hydrogens is 278 g/mol. The minimum absolute atomic E-state index is 0.0452. The zero-order chi connectivity index (χ0) is 14.0. The second-order valence-electron chi connectivity index (χ2n) is 4.30. The van der Waals surface area contributed by atoms with Crippen LogP contribution in [0.25, 0.3) is 10.2 Å². The highest BCUT2D eigenvalue weighted by Gasteiger charge is 2.18. The van der Waals surface area contributed by atoms with E-state index in [1.54, 1.807) is 17.7 Å². The summed E-state index contributed by atoms with van der Waals surface area (Å²) >= 11 is 3.17. The van der Waals surface area contributed by atoms with Crippen LogP contribution in [0.4, 0.5) is 0 Å². The Morgan fingerprint density at radius 1 is 1.47 bits per heavy atom. The van der Waals surface area contributed by atoms with E-state index in [0.717, 1.165) is 15.2 Å². The first kappa shape index (κ1) is 14.3. The Labute approximate surface area is 121 Å². The maximum Gasteiger partial charge on any atom is 0.233 e. The predicted molar refractivity (Wildman–Crippen MR) is 80.9 cm³/mol. The molecule has 2 aromatic rings. The molecule has 2 rings (SSSR count). The number of amides is 1. The van der Waals surface area contributed by atoms with Crippen LogP contribution in [0.2, 0.25) is 0 Å². The van der Waals surface area contributed by atoms with Gasteiger partial charge in [0.2, 0.25) is 5.91 Å². The summed E-state index contributed by atoms with van der Waals surface area (Å²) in [4.78, 5) is 22.7. The average molecular weight is 295 g/mol. The molecule has 6 heteroatoms. The molecule has 4 nitrogen and oxygen atoms in total. The van der Waals surface area contributed by atoms with Gasteiger partial charge in [-0.05, 0) is 33.3 Å². The van der Waals surface area contributed by atoms with Gasteiger partial charge >= 0.3 is 0 Å². The maximum atomic E-state index is 11.8. The van der Waals surface area contributed by atoms with E-state index in [2.05, 4.69) is 29.1 Å². The number of aromatic nitrogens is 2. The maximum absolute atomic E-state index is 11.8. The van der Waals surface area contributed by atoms with Crippen molar-refractivity contribution in [2.75, 3.05) is 6.54 Å². The number of carbonyl (C=O) groups excluding carboxylic acids is 1. The number of thioether (sulfide) groups is 1. The van der Waals surface area contributed by atoms with Gasteiger partial charge in [0.15, 0.2) is 0 Å². The SMILES string of the molecule is CCNC(=O)C(C)Sc1ncnc2sc(C)c(C)c12. The fourth-order valence-corrected chi connectivity index (χ4v) is 3.84. The molecule has 0 aliphatic rings. The first-order chi connectivity index (χ1) is 9.04. The van der Waals surface area contributed by atoms with E-state index < -0.39 is 0 Å². The molecule has 0 fully saturated rings. The molecule has 2 heterocycles. The van der Waals surface area contributed by atoms with Crippen molar-refractivity contribution in [3.63, 3.8) is 0 Å². The first-order valence-corrected chi connectivity index (χ1v) is 7.89. The minimum Gasteiger partial charge on any atom is -0.355 e. The number of fused-ring (bicyclic) bond motifs is 1. The second-order valence-corrected chi connectivity index (χ2v) is 6.83. The van der Waals surface area contributed by atoms with E-state index in [0.29, 0.717) is 6.54 Å². The molecule has 19 heavy (non-hydrogen) atoms. The summed E-state index contributed by atoms with van der Waals surface area (Å²) in [7, 11) is 0. The summed E-state index contributed by atoms with van der Waals surface area (Å²) in [5, 5.41) is 4.66. The zero-order valence-corrected chi connectivity index (χ0v) is 13.1. The fraction of sp³-hybridized carbons (Fsp3) is 0.462. The molecule has 0 saturated heterocycles. The quantitative estimate of drug-likeness (QED) is 0.696. The van der Waals surface area contributed by atoms with Crippen molar-refractivity contribution < 1.29 is 4.79 Å². The standard InChI is InChI=1S/C13H17N3OS2/c1-5-14-11(17)9(4)19-13-10-7(2)8(3)18-12(10)15-6-16-13/h6,9H,5H2,1-4H3,(H,14,17). The normalized spacial score (nSPS) is 12.6. The van der Waals surface area contributed by atoms with Crippen LogP contribution in [0, 0.1) is 13.8 Å². The number of hydrogen-bond donors (Lipinski definition) is 1. The minimum atomic E-state index is -0.155. The molecule has 0 radical (unpaired) electrons. The largest absolute Gasteiger partial charge is 0.355 e. The molecule has 0 spiro atoms. The third-order valence-corrected chi connectivity index (χ3v) is 5.15. The molecule has 1 amide bonds. The van der Waals surface area contributed by atoms with Crippen LogP contribution in [0.15, 0.2) is 11.4 Å². The average Bonchev–Trinajstić information content (AvgIpc) is 2.66. The van der Waals surface area contributed by atoms with Crippen molar-refractivity contribution in [2.45, 2.75) is 38.0 Å². The molecule has 0 aromatic carbocycles. The van der Waals surface area contributed by atoms with E-state index in [1.807, 2.05) is 13.8 Å². The van der Waals surface area contributed by atoms with E-state index in [1.165, 1.54) is 22.2 Å². The van der Waals surface area contributed by atoms with Crippen LogP contribution in [-0.2, 0) is 4.79 Å². The lowest BCUT2D eigenvalue weighted by molar-refractivity contribution is -0.120. The second kappa shape index (κ2) is 5.88. The molecule has 1 atom stereocenters. The zero-order valence-electron chi connectivity index (χ0n) is 11.5. The Morgan fingerprint density at radius 2 is 2.21 bits per heavy atom. The lowest BCUT2D eigenvalue weighted by Gasteiger charge is -2.10. The Morgan fingerprint density at radius 3 is 2.89 bits per heavy atom. The molecule has 2 aromatic heterocycles. The summed E-state index contributed by atoms with van der Waals surface area (Å²) in [5.41, 5.74) is 1.21. The summed E-state index contributed by atoms with van der Waals surface area (Å²) in [5.74, 6) is 0.0452. The number of rotatable bonds is 4. The third kappa shape index (κ3) is 2.90. The lowest BCUT2D eigenvalue weighted by atomic mass is 10.2. The summed E-state index contributed by atoms with van der Waals surface area (Å²) in [6.45, 7) is 8.64. The van der Waals surface area contributed by atoms with Crippen molar-refractivity contribution in [3.8, 4) is 0 Å². The van der Waals surface area contributed by atoms with Gasteiger partial charge in [-0.25, -0.2) is 9.97 Å². The number of hydrogen-bond acceptors (Lipinski definition) is 5. The Kier molecular flexibility index (Phi) is 4.42. The Bertz CT molecular complexity index is 609. The van der Waals surface area contributed by atoms with E-state index >= 15 is 0 Å². The van der Waals surface area contributed by atoms with Crippen molar-refractivity contribution in [2.24, 2.45) is 0 Å². The summed E-state index contributed by atoms with van der Waals surface area (Å²) in [6.07, 6.45) is 1.57. The van der Waals surface area contributed by atoms with Gasteiger partial charge in [0.05, 0.1) is 5.25 Å². The Balaban J connectivity index is 2.33. The molecule has 0 saturated carbocycles.